The molecule has 23 heavy (non-hydrogen) atoms. The molecule has 2 unspecified atom stereocenters. The van der Waals surface area contributed by atoms with E-state index in [4.69, 9.17) is 14.6 Å². The van der Waals surface area contributed by atoms with Crippen molar-refractivity contribution in [3.8, 4) is 5.75 Å². The maximum absolute atomic E-state index is 12.1. The Hall–Kier alpha value is -2.08. The predicted molar refractivity (Wildman–Crippen MR) is 86.7 cm³/mol. The van der Waals surface area contributed by atoms with Gasteiger partial charge in [0.05, 0.1) is 6.61 Å². The molecule has 6 nitrogen and oxygen atoms in total. The predicted octanol–water partition coefficient (Wildman–Crippen LogP) is 1.97. The van der Waals surface area contributed by atoms with Crippen molar-refractivity contribution in [2.24, 2.45) is 0 Å². The van der Waals surface area contributed by atoms with E-state index in [-0.39, 0.29) is 12.0 Å². The van der Waals surface area contributed by atoms with Gasteiger partial charge in [0.25, 0.3) is 5.91 Å². The molecule has 0 radical (unpaired) electrons. The van der Waals surface area contributed by atoms with Crippen LogP contribution in [0.2, 0.25) is 0 Å². The third-order valence-corrected chi connectivity index (χ3v) is 3.33. The Balaban J connectivity index is 2.73. The van der Waals surface area contributed by atoms with E-state index in [9.17, 15) is 9.59 Å². The summed E-state index contributed by atoms with van der Waals surface area (Å²) in [6.07, 6.45) is -0.816. The van der Waals surface area contributed by atoms with Gasteiger partial charge in [-0.2, -0.15) is 0 Å². The normalized spacial score (nSPS) is 14.0. The molecule has 0 spiro atoms. The molecule has 2 N–H and O–H groups in total. The van der Waals surface area contributed by atoms with Crippen molar-refractivity contribution in [1.82, 2.24) is 5.32 Å². The maximum atomic E-state index is 12.1. The summed E-state index contributed by atoms with van der Waals surface area (Å²) in [4.78, 5) is 23.1. The first-order valence-electron chi connectivity index (χ1n) is 7.44. The lowest BCUT2D eigenvalue weighted by atomic mass is 9.87. The number of hydrogen-bond acceptors (Lipinski definition) is 4. The Bertz CT molecular complexity index is 550. The molecule has 6 heteroatoms. The van der Waals surface area contributed by atoms with Gasteiger partial charge in [-0.25, -0.2) is 4.79 Å². The average molecular weight is 323 g/mol. The minimum absolute atomic E-state index is 0.0300. The van der Waals surface area contributed by atoms with Crippen LogP contribution in [0.15, 0.2) is 24.3 Å². The first-order chi connectivity index (χ1) is 10.6. The van der Waals surface area contributed by atoms with Crippen LogP contribution in [0, 0.1) is 0 Å². The molecular weight excluding hydrogens is 298 g/mol. The van der Waals surface area contributed by atoms with E-state index >= 15 is 0 Å². The first kappa shape index (κ1) is 19.0. The quantitative estimate of drug-likeness (QED) is 0.801. The molecular formula is C17H25NO5. The van der Waals surface area contributed by atoms with E-state index in [1.165, 1.54) is 7.11 Å². The standard InChI is InChI=1S/C17H25NO5/c1-11(15(19)18-14(10-22-5)16(20)21)23-13-8-6-7-12(9-13)17(2,3)4/h6-9,11,14H,10H2,1-5H3,(H,18,19)(H,20,21). The second-order valence-corrected chi connectivity index (χ2v) is 6.39. The van der Waals surface area contributed by atoms with E-state index in [2.05, 4.69) is 26.1 Å². The van der Waals surface area contributed by atoms with Crippen LogP contribution in [0.25, 0.3) is 0 Å². The Labute approximate surface area is 136 Å². The second kappa shape index (κ2) is 7.97. The van der Waals surface area contributed by atoms with Gasteiger partial charge in [0, 0.05) is 7.11 Å². The smallest absolute Gasteiger partial charge is 0.328 e. The number of nitrogens with one attached hydrogen (secondary N) is 1. The molecule has 0 fully saturated rings. The number of carboxylic acids is 1. The third-order valence-electron chi connectivity index (χ3n) is 3.33. The van der Waals surface area contributed by atoms with Crippen molar-refractivity contribution >= 4 is 11.9 Å². The fourth-order valence-corrected chi connectivity index (χ4v) is 1.92. The monoisotopic (exact) mass is 323 g/mol. The molecule has 0 aliphatic rings. The third kappa shape index (κ3) is 5.90. The van der Waals surface area contributed by atoms with Crippen LogP contribution >= 0.6 is 0 Å². The fraction of sp³-hybridized carbons (Fsp3) is 0.529. The van der Waals surface area contributed by atoms with Crippen molar-refractivity contribution < 1.29 is 24.2 Å². The first-order valence-corrected chi connectivity index (χ1v) is 7.44. The lowest BCUT2D eigenvalue weighted by Crippen LogP contribution is -2.48. The lowest BCUT2D eigenvalue weighted by molar-refractivity contribution is -0.144. The largest absolute Gasteiger partial charge is 0.481 e. The van der Waals surface area contributed by atoms with Crippen LogP contribution < -0.4 is 10.1 Å². The Morgan fingerprint density at radius 2 is 1.96 bits per heavy atom. The topological polar surface area (TPSA) is 84.9 Å². The molecule has 1 amide bonds. The molecule has 1 rings (SSSR count). The van der Waals surface area contributed by atoms with Gasteiger partial charge in [-0.15, -0.1) is 0 Å². The number of hydrogen-bond donors (Lipinski definition) is 2. The fourth-order valence-electron chi connectivity index (χ4n) is 1.92. The molecule has 0 saturated carbocycles. The lowest BCUT2D eigenvalue weighted by Gasteiger charge is -2.21. The number of methoxy groups -OCH3 is 1. The van der Waals surface area contributed by atoms with Crippen molar-refractivity contribution in [2.45, 2.75) is 45.3 Å². The summed E-state index contributed by atoms with van der Waals surface area (Å²) < 4.78 is 10.4. The summed E-state index contributed by atoms with van der Waals surface area (Å²) >= 11 is 0. The summed E-state index contributed by atoms with van der Waals surface area (Å²) in [6.45, 7) is 7.73. The highest BCUT2D eigenvalue weighted by molar-refractivity contribution is 5.86. The number of ether oxygens (including phenoxy) is 2. The SMILES string of the molecule is COCC(NC(=O)C(C)Oc1cccc(C(C)(C)C)c1)C(=O)O. The van der Waals surface area contributed by atoms with Gasteiger partial charge in [0.2, 0.25) is 0 Å². The van der Waals surface area contributed by atoms with Gasteiger partial charge in [0.1, 0.15) is 5.75 Å². The van der Waals surface area contributed by atoms with Crippen LogP contribution in [0.1, 0.15) is 33.3 Å². The molecule has 0 bridgehead atoms. The molecule has 0 aliphatic carbocycles. The minimum Gasteiger partial charge on any atom is -0.481 e. The van der Waals surface area contributed by atoms with Crippen molar-refractivity contribution in [3.05, 3.63) is 29.8 Å². The number of rotatable bonds is 7. The zero-order valence-corrected chi connectivity index (χ0v) is 14.3. The van der Waals surface area contributed by atoms with Gasteiger partial charge in [-0.1, -0.05) is 32.9 Å². The number of benzene rings is 1. The van der Waals surface area contributed by atoms with Crippen LogP contribution in [0.3, 0.4) is 0 Å². The molecule has 128 valence electrons. The highest BCUT2D eigenvalue weighted by Gasteiger charge is 2.24. The molecule has 0 saturated heterocycles. The van der Waals surface area contributed by atoms with E-state index in [1.54, 1.807) is 13.0 Å². The van der Waals surface area contributed by atoms with Crippen LogP contribution in [0.5, 0.6) is 5.75 Å². The van der Waals surface area contributed by atoms with Crippen molar-refractivity contribution in [1.29, 1.82) is 0 Å². The Morgan fingerprint density at radius 1 is 1.30 bits per heavy atom. The van der Waals surface area contributed by atoms with Crippen LogP contribution in [0.4, 0.5) is 0 Å². The van der Waals surface area contributed by atoms with Crippen LogP contribution in [-0.2, 0) is 19.7 Å². The van der Waals surface area contributed by atoms with E-state index < -0.39 is 24.0 Å². The Morgan fingerprint density at radius 3 is 2.48 bits per heavy atom. The Kier molecular flexibility index (Phi) is 6.57. The molecule has 1 aromatic rings. The molecule has 0 aliphatic heterocycles. The maximum Gasteiger partial charge on any atom is 0.328 e. The van der Waals surface area contributed by atoms with Crippen molar-refractivity contribution in [2.75, 3.05) is 13.7 Å². The number of carboxylic acid groups (broad SMARTS) is 1. The van der Waals surface area contributed by atoms with Gasteiger partial charge in [-0.05, 0) is 30.0 Å². The van der Waals surface area contributed by atoms with Gasteiger partial charge in [-0.3, -0.25) is 4.79 Å². The van der Waals surface area contributed by atoms with E-state index in [1.807, 2.05) is 18.2 Å². The van der Waals surface area contributed by atoms with E-state index in [0.29, 0.717) is 5.75 Å². The molecule has 0 heterocycles. The number of carbonyl (C=O) groups is 2. The summed E-state index contributed by atoms with van der Waals surface area (Å²) in [5.41, 5.74) is 1.06. The molecule has 2 atom stereocenters. The average Bonchev–Trinajstić information content (AvgIpc) is 2.45. The number of aliphatic carboxylic acids is 1. The van der Waals surface area contributed by atoms with Gasteiger partial charge >= 0.3 is 5.97 Å². The van der Waals surface area contributed by atoms with Crippen molar-refractivity contribution in [3.63, 3.8) is 0 Å². The summed E-state index contributed by atoms with van der Waals surface area (Å²) in [7, 11) is 1.38. The van der Waals surface area contributed by atoms with Gasteiger partial charge in [0.15, 0.2) is 12.1 Å². The molecule has 0 aromatic heterocycles. The summed E-state index contributed by atoms with van der Waals surface area (Å²) in [5.74, 6) is -1.09. The zero-order valence-electron chi connectivity index (χ0n) is 14.3. The van der Waals surface area contributed by atoms with E-state index in [0.717, 1.165) is 5.56 Å². The number of amides is 1. The summed E-state index contributed by atoms with van der Waals surface area (Å²) in [5, 5.41) is 11.4. The minimum atomic E-state index is -1.15. The van der Waals surface area contributed by atoms with Crippen LogP contribution in [-0.4, -0.2) is 42.8 Å². The highest BCUT2D eigenvalue weighted by atomic mass is 16.5. The summed E-state index contributed by atoms with van der Waals surface area (Å²) in [6, 6.07) is 6.41. The highest BCUT2D eigenvalue weighted by Crippen LogP contribution is 2.26. The molecule has 1 aromatic carbocycles. The second-order valence-electron chi connectivity index (χ2n) is 6.39. The zero-order chi connectivity index (χ0) is 17.6. The van der Waals surface area contributed by atoms with Gasteiger partial charge < -0.3 is 19.9 Å². The number of carbonyl (C=O) groups excluding carboxylic acids is 1.